The Morgan fingerprint density at radius 2 is 2.05 bits per heavy atom. The van der Waals surface area contributed by atoms with Crippen molar-refractivity contribution >= 4 is 27.4 Å². The molecule has 3 nitrogen and oxygen atoms in total. The van der Waals surface area contributed by atoms with Crippen molar-refractivity contribution in [1.29, 1.82) is 0 Å². The molecule has 2 aromatic rings. The number of pyridine rings is 1. The van der Waals surface area contributed by atoms with Crippen LogP contribution in [0.2, 0.25) is 0 Å². The summed E-state index contributed by atoms with van der Waals surface area (Å²) in [7, 11) is -0.714. The molecule has 0 radical (unpaired) electrons. The van der Waals surface area contributed by atoms with Crippen LogP contribution in [-0.2, 0) is 17.2 Å². The zero-order chi connectivity index (χ0) is 14.5. The van der Waals surface area contributed by atoms with Crippen LogP contribution in [0.1, 0.15) is 24.6 Å². The molecular weight excluding hydrogens is 268 g/mol. The number of rotatable bonds is 6. The van der Waals surface area contributed by atoms with Gasteiger partial charge < -0.3 is 5.32 Å². The van der Waals surface area contributed by atoms with Crippen molar-refractivity contribution in [3.8, 4) is 0 Å². The molecule has 1 unspecified atom stereocenters. The fourth-order valence-corrected chi connectivity index (χ4v) is 3.05. The first-order valence-corrected chi connectivity index (χ1v) is 8.78. The molecule has 0 saturated heterocycles. The van der Waals surface area contributed by atoms with Gasteiger partial charge in [-0.1, -0.05) is 25.1 Å². The van der Waals surface area contributed by atoms with Crippen LogP contribution in [0.5, 0.6) is 0 Å². The summed E-state index contributed by atoms with van der Waals surface area (Å²) in [6, 6.07) is 8.23. The molecule has 0 aliphatic heterocycles. The van der Waals surface area contributed by atoms with E-state index in [4.69, 9.17) is 0 Å². The highest BCUT2D eigenvalue weighted by atomic mass is 32.2. The van der Waals surface area contributed by atoms with E-state index in [1.807, 2.05) is 18.2 Å². The van der Waals surface area contributed by atoms with E-state index in [0.29, 0.717) is 0 Å². The number of anilines is 1. The molecule has 1 aromatic carbocycles. The van der Waals surface area contributed by atoms with Gasteiger partial charge in [0.1, 0.15) is 0 Å². The van der Waals surface area contributed by atoms with Crippen LogP contribution in [0.15, 0.2) is 24.3 Å². The Balaban J connectivity index is 2.31. The number of fused-ring (bicyclic) bond motifs is 1. The summed E-state index contributed by atoms with van der Waals surface area (Å²) in [5.74, 6) is 0.746. The predicted molar refractivity (Wildman–Crippen MR) is 87.9 cm³/mol. The maximum absolute atomic E-state index is 11.1. The minimum Gasteiger partial charge on any atom is -0.384 e. The number of hydrogen-bond donors (Lipinski definition) is 1. The average Bonchev–Trinajstić information content (AvgIpc) is 2.42. The van der Waals surface area contributed by atoms with E-state index in [2.05, 4.69) is 30.2 Å². The summed E-state index contributed by atoms with van der Waals surface area (Å²) in [5.41, 5.74) is 4.59. The first kappa shape index (κ1) is 15.0. The Hall–Kier alpha value is -1.42. The van der Waals surface area contributed by atoms with Crippen molar-refractivity contribution < 1.29 is 4.21 Å². The lowest BCUT2D eigenvalue weighted by Gasteiger charge is -2.16. The monoisotopic (exact) mass is 290 g/mol. The second kappa shape index (κ2) is 6.84. The fourth-order valence-electron chi connectivity index (χ4n) is 2.50. The summed E-state index contributed by atoms with van der Waals surface area (Å²) in [5, 5.41) is 4.70. The molecule has 1 atom stereocenters. The summed E-state index contributed by atoms with van der Waals surface area (Å²) in [6.07, 6.45) is 3.64. The maximum Gasteiger partial charge on any atom is 0.0726 e. The van der Waals surface area contributed by atoms with Gasteiger partial charge in [-0.3, -0.25) is 9.19 Å². The van der Waals surface area contributed by atoms with Crippen LogP contribution in [0.4, 0.5) is 5.69 Å². The van der Waals surface area contributed by atoms with Crippen LogP contribution in [-0.4, -0.2) is 27.7 Å². The Morgan fingerprint density at radius 3 is 2.75 bits per heavy atom. The summed E-state index contributed by atoms with van der Waals surface area (Å²) in [4.78, 5) is 4.67. The molecule has 1 heterocycles. The number of para-hydroxylation sites is 1. The molecule has 0 bridgehead atoms. The van der Waals surface area contributed by atoms with Crippen molar-refractivity contribution in [3.05, 3.63) is 35.5 Å². The molecule has 0 fully saturated rings. The van der Waals surface area contributed by atoms with Gasteiger partial charge in [0, 0.05) is 46.1 Å². The SMILES string of the molecule is CCc1c(C)nc2ccccc2c1NCCCS(C)=O. The van der Waals surface area contributed by atoms with Crippen molar-refractivity contribution in [2.45, 2.75) is 26.7 Å². The number of aryl methyl sites for hydroxylation is 1. The Labute approximate surface area is 123 Å². The number of nitrogens with zero attached hydrogens (tertiary/aromatic N) is 1. The lowest BCUT2D eigenvalue weighted by Crippen LogP contribution is -2.09. The van der Waals surface area contributed by atoms with Crippen LogP contribution < -0.4 is 5.32 Å². The van der Waals surface area contributed by atoms with Gasteiger partial charge in [-0.05, 0) is 31.4 Å². The van der Waals surface area contributed by atoms with E-state index in [9.17, 15) is 4.21 Å². The molecular formula is C16H22N2OS. The molecule has 0 saturated carbocycles. The normalized spacial score (nSPS) is 12.6. The summed E-state index contributed by atoms with van der Waals surface area (Å²) >= 11 is 0. The first-order valence-electron chi connectivity index (χ1n) is 7.05. The third-order valence-electron chi connectivity index (χ3n) is 3.46. The van der Waals surface area contributed by atoms with Gasteiger partial charge in [0.25, 0.3) is 0 Å². The Morgan fingerprint density at radius 1 is 1.30 bits per heavy atom. The smallest absolute Gasteiger partial charge is 0.0726 e. The topological polar surface area (TPSA) is 42.0 Å². The van der Waals surface area contributed by atoms with E-state index in [1.54, 1.807) is 6.26 Å². The van der Waals surface area contributed by atoms with Gasteiger partial charge in [-0.2, -0.15) is 0 Å². The third-order valence-corrected chi connectivity index (χ3v) is 4.33. The molecule has 108 valence electrons. The van der Waals surface area contributed by atoms with E-state index >= 15 is 0 Å². The van der Waals surface area contributed by atoms with Crippen LogP contribution in [0.3, 0.4) is 0 Å². The second-order valence-electron chi connectivity index (χ2n) is 4.98. The highest BCUT2D eigenvalue weighted by molar-refractivity contribution is 7.84. The average molecular weight is 290 g/mol. The second-order valence-corrected chi connectivity index (χ2v) is 6.53. The molecule has 1 N–H and O–H groups in total. The van der Waals surface area contributed by atoms with E-state index in [0.717, 1.165) is 36.3 Å². The summed E-state index contributed by atoms with van der Waals surface area (Å²) < 4.78 is 11.1. The van der Waals surface area contributed by atoms with Crippen LogP contribution >= 0.6 is 0 Å². The number of benzene rings is 1. The highest BCUT2D eigenvalue weighted by Crippen LogP contribution is 2.28. The molecule has 2 rings (SSSR count). The number of aromatic nitrogens is 1. The van der Waals surface area contributed by atoms with Gasteiger partial charge in [0.05, 0.1) is 5.52 Å². The fraction of sp³-hybridized carbons (Fsp3) is 0.438. The number of nitrogens with one attached hydrogen (secondary N) is 1. The molecule has 20 heavy (non-hydrogen) atoms. The van der Waals surface area contributed by atoms with Crippen molar-refractivity contribution in [2.24, 2.45) is 0 Å². The summed E-state index contributed by atoms with van der Waals surface area (Å²) in [6.45, 7) is 5.07. The minimum atomic E-state index is -0.714. The van der Waals surface area contributed by atoms with E-state index < -0.39 is 10.8 Å². The van der Waals surface area contributed by atoms with Gasteiger partial charge in [-0.25, -0.2) is 0 Å². The van der Waals surface area contributed by atoms with Gasteiger partial charge >= 0.3 is 0 Å². The lowest BCUT2D eigenvalue weighted by molar-refractivity contribution is 0.685. The van der Waals surface area contributed by atoms with Gasteiger partial charge in [0.2, 0.25) is 0 Å². The zero-order valence-corrected chi connectivity index (χ0v) is 13.2. The third kappa shape index (κ3) is 3.37. The van der Waals surface area contributed by atoms with Crippen molar-refractivity contribution in [3.63, 3.8) is 0 Å². The highest BCUT2D eigenvalue weighted by Gasteiger charge is 2.10. The molecule has 0 aliphatic carbocycles. The van der Waals surface area contributed by atoms with Crippen LogP contribution in [0.25, 0.3) is 10.9 Å². The standard InChI is InChI=1S/C16H22N2OS/c1-4-13-12(2)18-15-9-6-5-8-14(15)16(13)17-10-7-11-20(3)19/h5-6,8-9H,4,7,10-11H2,1-3H3,(H,17,18). The predicted octanol–water partition coefficient (Wildman–Crippen LogP) is 3.29. The van der Waals surface area contributed by atoms with Crippen LogP contribution in [0, 0.1) is 6.92 Å². The number of hydrogen-bond acceptors (Lipinski definition) is 3. The lowest BCUT2D eigenvalue weighted by atomic mass is 10.0. The zero-order valence-electron chi connectivity index (χ0n) is 12.4. The van der Waals surface area contributed by atoms with Crippen molar-refractivity contribution in [2.75, 3.05) is 23.9 Å². The first-order chi connectivity index (χ1) is 9.63. The Bertz CT molecular complexity index is 625. The van der Waals surface area contributed by atoms with Gasteiger partial charge in [0.15, 0.2) is 0 Å². The largest absolute Gasteiger partial charge is 0.384 e. The Kier molecular flexibility index (Phi) is 5.12. The molecule has 4 heteroatoms. The molecule has 0 aliphatic rings. The molecule has 0 amide bonds. The van der Waals surface area contributed by atoms with E-state index in [1.165, 1.54) is 16.6 Å². The molecule has 0 spiro atoms. The van der Waals surface area contributed by atoms with Gasteiger partial charge in [-0.15, -0.1) is 0 Å². The maximum atomic E-state index is 11.1. The van der Waals surface area contributed by atoms with E-state index in [-0.39, 0.29) is 0 Å². The minimum absolute atomic E-state index is 0.714. The molecule has 1 aromatic heterocycles. The quantitative estimate of drug-likeness (QED) is 0.830. The van der Waals surface area contributed by atoms with Crippen molar-refractivity contribution in [1.82, 2.24) is 4.98 Å².